The second-order valence-electron chi connectivity index (χ2n) is 7.17. The Labute approximate surface area is 184 Å². The monoisotopic (exact) mass is 452 g/mol. The highest BCUT2D eigenvalue weighted by Gasteiger charge is 2.20. The Kier molecular flexibility index (Phi) is 8.55. The highest BCUT2D eigenvalue weighted by atomic mass is 35.5. The Morgan fingerprint density at radius 1 is 1.20 bits per heavy atom. The number of hydrogen-bond donors (Lipinski definition) is 1. The Balaban J connectivity index is 2.00. The summed E-state index contributed by atoms with van der Waals surface area (Å²) in [4.78, 5) is 12.5. The number of methoxy groups -OCH3 is 1. The predicted molar refractivity (Wildman–Crippen MR) is 122 cm³/mol. The van der Waals surface area contributed by atoms with Crippen LogP contribution in [-0.4, -0.2) is 34.2 Å². The second-order valence-corrected chi connectivity index (χ2v) is 9.51. The zero-order chi connectivity index (χ0) is 22.3. The van der Waals surface area contributed by atoms with Gasteiger partial charge in [0.1, 0.15) is 5.75 Å². The minimum Gasteiger partial charge on any atom is -0.497 e. The van der Waals surface area contributed by atoms with Gasteiger partial charge in [-0.15, -0.1) is 0 Å². The average molecular weight is 453 g/mol. The normalized spacial score (nSPS) is 12.3. The fourth-order valence-corrected chi connectivity index (χ4v) is 4.40. The number of carbonyl (C=O) groups is 1. The quantitative estimate of drug-likeness (QED) is 0.577. The number of ether oxygens (including phenoxy) is 1. The maximum absolute atomic E-state index is 12.5. The number of nitrogens with one attached hydrogen (secondary N) is 1. The molecule has 0 radical (unpaired) electrons. The van der Waals surface area contributed by atoms with Gasteiger partial charge in [-0.05, 0) is 55.2 Å². The van der Waals surface area contributed by atoms with E-state index in [0.29, 0.717) is 17.1 Å². The van der Waals surface area contributed by atoms with Crippen LogP contribution in [0.2, 0.25) is 5.02 Å². The Bertz CT molecular complexity index is 962. The van der Waals surface area contributed by atoms with Gasteiger partial charge in [0.05, 0.1) is 25.1 Å². The van der Waals surface area contributed by atoms with E-state index in [4.69, 9.17) is 16.3 Å². The molecule has 1 N–H and O–H groups in total. The smallest absolute Gasteiger partial charge is 0.232 e. The van der Waals surface area contributed by atoms with Crippen LogP contribution in [0.5, 0.6) is 5.75 Å². The van der Waals surface area contributed by atoms with E-state index in [1.54, 1.807) is 25.3 Å². The molecule has 2 aromatic rings. The van der Waals surface area contributed by atoms with Crippen molar-refractivity contribution in [3.05, 3.63) is 58.6 Å². The van der Waals surface area contributed by atoms with Gasteiger partial charge >= 0.3 is 0 Å². The van der Waals surface area contributed by atoms with Gasteiger partial charge in [0.15, 0.2) is 0 Å². The Morgan fingerprint density at radius 3 is 2.43 bits per heavy atom. The molecular weight excluding hydrogens is 424 g/mol. The van der Waals surface area contributed by atoms with Gasteiger partial charge < -0.3 is 10.1 Å². The van der Waals surface area contributed by atoms with Crippen molar-refractivity contribution in [3.8, 4) is 5.75 Å². The van der Waals surface area contributed by atoms with Crippen LogP contribution in [0.3, 0.4) is 0 Å². The molecule has 0 saturated carbocycles. The SMILES string of the molecule is CC[C@H](NC(=O)CCCN(c1cc(Cl)ccc1C)S(C)(=O)=O)c1ccc(OC)cc1. The summed E-state index contributed by atoms with van der Waals surface area (Å²) in [7, 11) is -1.89. The largest absolute Gasteiger partial charge is 0.497 e. The third-order valence-electron chi connectivity index (χ3n) is 4.87. The minimum atomic E-state index is -3.50. The first-order valence-corrected chi connectivity index (χ1v) is 12.1. The summed E-state index contributed by atoms with van der Waals surface area (Å²) in [5.74, 6) is 0.644. The van der Waals surface area contributed by atoms with E-state index < -0.39 is 10.0 Å². The number of benzene rings is 2. The summed E-state index contributed by atoms with van der Waals surface area (Å²) in [5.41, 5.74) is 2.34. The third-order valence-corrected chi connectivity index (χ3v) is 6.28. The third kappa shape index (κ3) is 6.64. The van der Waals surface area contributed by atoms with Crippen molar-refractivity contribution in [2.24, 2.45) is 0 Å². The molecule has 0 fully saturated rings. The lowest BCUT2D eigenvalue weighted by atomic mass is 10.0. The van der Waals surface area contributed by atoms with Crippen LogP contribution >= 0.6 is 11.6 Å². The van der Waals surface area contributed by atoms with Crippen molar-refractivity contribution < 1.29 is 17.9 Å². The van der Waals surface area contributed by atoms with Crippen LogP contribution in [0.4, 0.5) is 5.69 Å². The van der Waals surface area contributed by atoms with Crippen molar-refractivity contribution in [1.82, 2.24) is 5.32 Å². The summed E-state index contributed by atoms with van der Waals surface area (Å²) in [6.45, 7) is 4.03. The summed E-state index contributed by atoms with van der Waals surface area (Å²) < 4.78 is 31.1. The van der Waals surface area contributed by atoms with Crippen LogP contribution in [0.1, 0.15) is 43.4 Å². The van der Waals surface area contributed by atoms with Crippen LogP contribution < -0.4 is 14.4 Å². The second kappa shape index (κ2) is 10.7. The fraction of sp³-hybridized carbons (Fsp3) is 0.409. The molecule has 0 unspecified atom stereocenters. The fourth-order valence-electron chi connectivity index (χ4n) is 3.22. The van der Waals surface area contributed by atoms with Crippen molar-refractivity contribution in [1.29, 1.82) is 0 Å². The molecule has 0 bridgehead atoms. The van der Waals surface area contributed by atoms with Crippen molar-refractivity contribution in [2.45, 2.75) is 39.2 Å². The number of sulfonamides is 1. The highest BCUT2D eigenvalue weighted by Crippen LogP contribution is 2.27. The van der Waals surface area contributed by atoms with Gasteiger partial charge in [0.2, 0.25) is 15.9 Å². The average Bonchev–Trinajstić information content (AvgIpc) is 2.70. The number of hydrogen-bond acceptors (Lipinski definition) is 4. The van der Waals surface area contributed by atoms with Crippen LogP contribution in [0.15, 0.2) is 42.5 Å². The molecule has 30 heavy (non-hydrogen) atoms. The summed E-state index contributed by atoms with van der Waals surface area (Å²) >= 11 is 6.05. The van der Waals surface area contributed by atoms with Crippen LogP contribution in [-0.2, 0) is 14.8 Å². The number of aryl methyl sites for hydroxylation is 1. The lowest BCUT2D eigenvalue weighted by Gasteiger charge is -2.24. The molecule has 6 nitrogen and oxygen atoms in total. The highest BCUT2D eigenvalue weighted by molar-refractivity contribution is 7.92. The molecular formula is C22H29ClN2O4S. The standard InChI is InChI=1S/C22H29ClN2O4S/c1-5-20(17-9-12-19(29-3)13-10-17)24-22(26)7-6-14-25(30(4,27)28)21-15-18(23)11-8-16(21)2/h8-13,15,20H,5-7,14H2,1-4H3,(H,24,26)/t20-/m0/s1. The van der Waals surface area contributed by atoms with E-state index in [2.05, 4.69) is 5.32 Å². The number of carbonyl (C=O) groups excluding carboxylic acids is 1. The van der Waals surface area contributed by atoms with Crippen LogP contribution in [0, 0.1) is 6.92 Å². The van der Waals surface area contributed by atoms with Crippen molar-refractivity contribution >= 4 is 33.2 Å². The first-order chi connectivity index (χ1) is 14.2. The number of anilines is 1. The van der Waals surface area contributed by atoms with E-state index in [1.807, 2.05) is 38.1 Å². The topological polar surface area (TPSA) is 75.7 Å². The number of halogens is 1. The molecule has 164 valence electrons. The number of nitrogens with zero attached hydrogens (tertiary/aromatic N) is 1. The van der Waals surface area contributed by atoms with Gasteiger partial charge in [-0.1, -0.05) is 36.7 Å². The molecule has 1 amide bonds. The lowest BCUT2D eigenvalue weighted by Crippen LogP contribution is -2.33. The molecule has 0 saturated heterocycles. The summed E-state index contributed by atoms with van der Waals surface area (Å²) in [6, 6.07) is 12.6. The molecule has 0 aliphatic heterocycles. The van der Waals surface area contributed by atoms with Gasteiger partial charge in [-0.25, -0.2) is 8.42 Å². The molecule has 2 rings (SSSR count). The van der Waals surface area contributed by atoms with Crippen molar-refractivity contribution in [2.75, 3.05) is 24.2 Å². The lowest BCUT2D eigenvalue weighted by molar-refractivity contribution is -0.121. The minimum absolute atomic E-state index is 0.107. The molecule has 0 aliphatic carbocycles. The van der Waals surface area contributed by atoms with E-state index in [1.165, 1.54) is 4.31 Å². The van der Waals surface area contributed by atoms with Gasteiger partial charge in [0, 0.05) is 18.0 Å². The first kappa shape index (κ1) is 24.0. The van der Waals surface area contributed by atoms with E-state index in [-0.39, 0.29) is 24.9 Å². The van der Waals surface area contributed by atoms with Crippen LogP contribution in [0.25, 0.3) is 0 Å². The Hall–Kier alpha value is -2.25. The molecule has 0 heterocycles. The van der Waals surface area contributed by atoms with Gasteiger partial charge in [-0.3, -0.25) is 9.10 Å². The molecule has 0 spiro atoms. The first-order valence-electron chi connectivity index (χ1n) is 9.83. The summed E-state index contributed by atoms with van der Waals surface area (Å²) in [6.07, 6.45) is 2.52. The number of rotatable bonds is 10. The van der Waals surface area contributed by atoms with E-state index in [0.717, 1.165) is 29.6 Å². The predicted octanol–water partition coefficient (Wildman–Crippen LogP) is 4.47. The van der Waals surface area contributed by atoms with E-state index >= 15 is 0 Å². The molecule has 1 atom stereocenters. The molecule has 0 aliphatic rings. The molecule has 8 heteroatoms. The van der Waals surface area contributed by atoms with E-state index in [9.17, 15) is 13.2 Å². The maximum atomic E-state index is 12.5. The number of amides is 1. The zero-order valence-corrected chi connectivity index (χ0v) is 19.4. The maximum Gasteiger partial charge on any atom is 0.232 e. The van der Waals surface area contributed by atoms with Crippen molar-refractivity contribution in [3.63, 3.8) is 0 Å². The molecule has 0 aromatic heterocycles. The zero-order valence-electron chi connectivity index (χ0n) is 17.8. The van der Waals surface area contributed by atoms with Gasteiger partial charge in [0.25, 0.3) is 0 Å². The molecule has 2 aromatic carbocycles. The summed E-state index contributed by atoms with van der Waals surface area (Å²) in [5, 5.41) is 3.49. The Morgan fingerprint density at radius 2 is 1.87 bits per heavy atom. The van der Waals surface area contributed by atoms with Gasteiger partial charge in [-0.2, -0.15) is 0 Å².